The zero-order chi connectivity index (χ0) is 13.3. The fourth-order valence-corrected chi connectivity index (χ4v) is 3.12. The van der Waals surface area contributed by atoms with Gasteiger partial charge in [-0.2, -0.15) is 0 Å². The van der Waals surface area contributed by atoms with E-state index in [1.54, 1.807) is 6.92 Å². The quantitative estimate of drug-likeness (QED) is 0.941. The van der Waals surface area contributed by atoms with E-state index in [1.807, 2.05) is 36.7 Å². The van der Waals surface area contributed by atoms with Crippen LogP contribution in [0.1, 0.15) is 24.4 Å². The summed E-state index contributed by atoms with van der Waals surface area (Å²) in [6.07, 6.45) is -0.505. The minimum atomic E-state index is -0.505. The van der Waals surface area contributed by atoms with Crippen molar-refractivity contribution in [2.45, 2.75) is 30.0 Å². The molecule has 2 aromatic rings. The molecule has 0 aliphatic heterocycles. The molecule has 0 saturated heterocycles. The van der Waals surface area contributed by atoms with E-state index in [-0.39, 0.29) is 0 Å². The molecule has 96 valence electrons. The summed E-state index contributed by atoms with van der Waals surface area (Å²) in [6, 6.07) is 5.82. The Morgan fingerprint density at radius 1 is 1.39 bits per heavy atom. The first-order chi connectivity index (χ1) is 8.49. The highest BCUT2D eigenvalue weighted by Gasteiger charge is 2.13. The first kappa shape index (κ1) is 13.6. The number of hydrogen-bond donors (Lipinski definition) is 1. The summed E-state index contributed by atoms with van der Waals surface area (Å²) in [5, 5.41) is 18.7. The van der Waals surface area contributed by atoms with Gasteiger partial charge < -0.3 is 9.67 Å². The third-order valence-corrected chi connectivity index (χ3v) is 4.28. The Kier molecular flexibility index (Phi) is 4.09. The van der Waals surface area contributed by atoms with E-state index in [1.165, 1.54) is 11.8 Å². The fraction of sp³-hybridized carbons (Fsp3) is 0.333. The zero-order valence-corrected chi connectivity index (χ0v) is 12.8. The maximum absolute atomic E-state index is 9.78. The van der Waals surface area contributed by atoms with Crippen molar-refractivity contribution >= 4 is 27.7 Å². The summed E-state index contributed by atoms with van der Waals surface area (Å²) in [7, 11) is 1.93. The predicted octanol–water partition coefficient (Wildman–Crippen LogP) is 3.09. The van der Waals surface area contributed by atoms with Crippen LogP contribution in [-0.2, 0) is 7.05 Å². The van der Waals surface area contributed by atoms with Crippen LogP contribution in [0.25, 0.3) is 0 Å². The molecule has 2 rings (SSSR count). The van der Waals surface area contributed by atoms with Crippen LogP contribution in [0.4, 0.5) is 0 Å². The van der Waals surface area contributed by atoms with Crippen molar-refractivity contribution in [1.29, 1.82) is 0 Å². The van der Waals surface area contributed by atoms with Crippen LogP contribution in [0.15, 0.2) is 32.7 Å². The minimum absolute atomic E-state index is 0.505. The Balaban J connectivity index is 2.39. The van der Waals surface area contributed by atoms with E-state index in [0.29, 0.717) is 0 Å². The van der Waals surface area contributed by atoms with Gasteiger partial charge in [0.15, 0.2) is 5.16 Å². The second-order valence-corrected chi connectivity index (χ2v) is 5.97. The molecule has 0 spiro atoms. The van der Waals surface area contributed by atoms with Crippen LogP contribution < -0.4 is 0 Å². The van der Waals surface area contributed by atoms with Crippen molar-refractivity contribution in [3.05, 3.63) is 34.1 Å². The van der Waals surface area contributed by atoms with Crippen LogP contribution in [0.5, 0.6) is 0 Å². The standard InChI is InChI=1S/C12H14BrN3OS/c1-7(17)10-5-4-9(13)6-11(10)18-12-15-14-8(2)16(12)3/h4-7,17H,1-3H3. The number of rotatable bonds is 3. The molecule has 1 atom stereocenters. The molecular formula is C12H14BrN3OS. The molecule has 4 nitrogen and oxygen atoms in total. The SMILES string of the molecule is Cc1nnc(Sc2cc(Br)ccc2C(C)O)n1C. The third-order valence-electron chi connectivity index (χ3n) is 2.68. The Morgan fingerprint density at radius 2 is 2.11 bits per heavy atom. The van der Waals surface area contributed by atoms with Crippen LogP contribution in [0, 0.1) is 6.92 Å². The van der Waals surface area contributed by atoms with Gasteiger partial charge in [0.05, 0.1) is 6.10 Å². The van der Waals surface area contributed by atoms with Gasteiger partial charge in [0.25, 0.3) is 0 Å². The Bertz CT molecular complexity index is 568. The Labute approximate surface area is 119 Å². The number of aryl methyl sites for hydroxylation is 1. The Morgan fingerprint density at radius 3 is 2.67 bits per heavy atom. The van der Waals surface area contributed by atoms with Gasteiger partial charge in [0, 0.05) is 16.4 Å². The average Bonchev–Trinajstić information content (AvgIpc) is 2.61. The third kappa shape index (κ3) is 2.76. The molecule has 1 aromatic heterocycles. The minimum Gasteiger partial charge on any atom is -0.389 e. The molecular weight excluding hydrogens is 314 g/mol. The number of aliphatic hydroxyl groups is 1. The highest BCUT2D eigenvalue weighted by Crippen LogP contribution is 2.34. The van der Waals surface area contributed by atoms with Crippen LogP contribution in [-0.4, -0.2) is 19.9 Å². The summed E-state index contributed by atoms with van der Waals surface area (Å²) in [6.45, 7) is 3.67. The van der Waals surface area contributed by atoms with Crippen molar-refractivity contribution in [2.24, 2.45) is 7.05 Å². The van der Waals surface area contributed by atoms with Crippen LogP contribution in [0.2, 0.25) is 0 Å². The van der Waals surface area contributed by atoms with Crippen molar-refractivity contribution < 1.29 is 5.11 Å². The van der Waals surface area contributed by atoms with Gasteiger partial charge in [-0.3, -0.25) is 0 Å². The molecule has 1 heterocycles. The molecule has 0 radical (unpaired) electrons. The van der Waals surface area contributed by atoms with E-state index < -0.39 is 6.10 Å². The number of benzene rings is 1. The lowest BCUT2D eigenvalue weighted by molar-refractivity contribution is 0.196. The number of aromatic nitrogens is 3. The van der Waals surface area contributed by atoms with Gasteiger partial charge in [-0.15, -0.1) is 10.2 Å². The van der Waals surface area contributed by atoms with Gasteiger partial charge in [-0.25, -0.2) is 0 Å². The second-order valence-electron chi connectivity index (χ2n) is 4.05. The lowest BCUT2D eigenvalue weighted by Gasteiger charge is -2.11. The monoisotopic (exact) mass is 327 g/mol. The molecule has 0 aliphatic carbocycles. The molecule has 0 fully saturated rings. The van der Waals surface area contributed by atoms with Crippen molar-refractivity contribution in [2.75, 3.05) is 0 Å². The van der Waals surface area contributed by atoms with Crippen molar-refractivity contribution in [3.8, 4) is 0 Å². The summed E-state index contributed by atoms with van der Waals surface area (Å²) in [5.74, 6) is 0.867. The largest absolute Gasteiger partial charge is 0.389 e. The molecule has 0 bridgehead atoms. The second kappa shape index (κ2) is 5.42. The van der Waals surface area contributed by atoms with E-state index >= 15 is 0 Å². The average molecular weight is 328 g/mol. The van der Waals surface area contributed by atoms with Crippen LogP contribution in [0.3, 0.4) is 0 Å². The molecule has 1 aromatic carbocycles. The summed E-state index contributed by atoms with van der Waals surface area (Å²) in [4.78, 5) is 0.981. The molecule has 1 N–H and O–H groups in total. The molecule has 1 unspecified atom stereocenters. The van der Waals surface area contributed by atoms with E-state index in [4.69, 9.17) is 0 Å². The van der Waals surface area contributed by atoms with Crippen molar-refractivity contribution in [3.63, 3.8) is 0 Å². The smallest absolute Gasteiger partial charge is 0.195 e. The Hall–Kier alpha value is -0.850. The molecule has 0 saturated carbocycles. The maximum atomic E-state index is 9.78. The zero-order valence-electron chi connectivity index (χ0n) is 10.4. The topological polar surface area (TPSA) is 50.9 Å². The normalized spacial score (nSPS) is 12.7. The lowest BCUT2D eigenvalue weighted by atomic mass is 10.1. The highest BCUT2D eigenvalue weighted by molar-refractivity contribution is 9.10. The number of aliphatic hydroxyl groups excluding tert-OH is 1. The van der Waals surface area contributed by atoms with Gasteiger partial charge in [-0.1, -0.05) is 22.0 Å². The first-order valence-electron chi connectivity index (χ1n) is 5.50. The predicted molar refractivity (Wildman–Crippen MR) is 74.6 cm³/mol. The number of hydrogen-bond acceptors (Lipinski definition) is 4. The van der Waals surface area contributed by atoms with Gasteiger partial charge >= 0.3 is 0 Å². The molecule has 18 heavy (non-hydrogen) atoms. The van der Waals surface area contributed by atoms with Gasteiger partial charge in [0.1, 0.15) is 5.82 Å². The molecule has 0 amide bonds. The summed E-state index contributed by atoms with van der Waals surface area (Å²) < 4.78 is 2.91. The van der Waals surface area contributed by atoms with Gasteiger partial charge in [0.2, 0.25) is 0 Å². The van der Waals surface area contributed by atoms with Crippen molar-refractivity contribution in [1.82, 2.24) is 14.8 Å². The summed E-state index contributed by atoms with van der Waals surface area (Å²) >= 11 is 4.95. The fourth-order valence-electron chi connectivity index (χ4n) is 1.52. The highest BCUT2D eigenvalue weighted by atomic mass is 79.9. The van der Waals surface area contributed by atoms with E-state index in [9.17, 15) is 5.11 Å². The molecule has 6 heteroatoms. The maximum Gasteiger partial charge on any atom is 0.195 e. The van der Waals surface area contributed by atoms with E-state index in [0.717, 1.165) is 25.9 Å². The lowest BCUT2D eigenvalue weighted by Crippen LogP contribution is -1.97. The number of nitrogens with zero attached hydrogens (tertiary/aromatic N) is 3. The summed E-state index contributed by atoms with van der Waals surface area (Å²) in [5.41, 5.74) is 0.892. The van der Waals surface area contributed by atoms with Gasteiger partial charge in [-0.05, 0) is 43.3 Å². The number of halogens is 1. The van der Waals surface area contributed by atoms with E-state index in [2.05, 4.69) is 26.1 Å². The first-order valence-corrected chi connectivity index (χ1v) is 7.11. The van der Waals surface area contributed by atoms with Crippen LogP contribution >= 0.6 is 27.7 Å². The molecule has 0 aliphatic rings.